The summed E-state index contributed by atoms with van der Waals surface area (Å²) < 4.78 is 26.6. The van der Waals surface area contributed by atoms with Crippen molar-refractivity contribution in [1.29, 1.82) is 0 Å². The number of carbonyl (C=O) groups is 1. The van der Waals surface area contributed by atoms with Crippen LogP contribution in [-0.2, 0) is 18.2 Å². The number of methoxy groups -OCH3 is 1. The Bertz CT molecular complexity index is 1050. The van der Waals surface area contributed by atoms with Crippen molar-refractivity contribution in [3.8, 4) is 0 Å². The summed E-state index contributed by atoms with van der Waals surface area (Å²) in [6.45, 7) is 1.58. The maximum atomic E-state index is 14.3. The smallest absolute Gasteiger partial charge is 0.343 e. The highest BCUT2D eigenvalue weighted by molar-refractivity contribution is 14.1. The molecule has 0 N–H and O–H groups in total. The van der Waals surface area contributed by atoms with Crippen molar-refractivity contribution in [2.75, 3.05) is 7.11 Å². The predicted molar refractivity (Wildman–Crippen MR) is 97.2 cm³/mol. The molecule has 0 aliphatic heterocycles. The lowest BCUT2D eigenvalue weighted by Gasteiger charge is -2.13. The monoisotopic (exact) mass is 456 g/mol. The highest BCUT2D eigenvalue weighted by Crippen LogP contribution is 2.25. The number of aromatic nitrogens is 2. The van der Waals surface area contributed by atoms with Crippen LogP contribution in [0.4, 0.5) is 4.39 Å². The molecule has 2 heterocycles. The van der Waals surface area contributed by atoms with Gasteiger partial charge in [-0.15, -0.1) is 0 Å². The Hall–Kier alpha value is -2.23. The lowest BCUT2D eigenvalue weighted by atomic mass is 10.0. The molecule has 0 spiro atoms. The van der Waals surface area contributed by atoms with Crippen molar-refractivity contribution in [2.24, 2.45) is 7.05 Å². The minimum absolute atomic E-state index is 0.0363. The lowest BCUT2D eigenvalue weighted by molar-refractivity contribution is 0.0599. The molecule has 0 radical (unpaired) electrons. The van der Waals surface area contributed by atoms with Crippen LogP contribution in [0.25, 0.3) is 11.1 Å². The van der Waals surface area contributed by atoms with Crippen LogP contribution in [0, 0.1) is 16.3 Å². The first-order valence-electron chi connectivity index (χ1n) is 7.34. The number of nitrogens with zero attached hydrogens (tertiary/aromatic N) is 2. The Labute approximate surface area is 155 Å². The Morgan fingerprint density at radius 3 is 2.80 bits per heavy atom. The van der Waals surface area contributed by atoms with E-state index < -0.39 is 17.3 Å². The van der Waals surface area contributed by atoms with Gasteiger partial charge >= 0.3 is 5.97 Å². The maximum absolute atomic E-state index is 14.3. The Kier molecular flexibility index (Phi) is 4.63. The van der Waals surface area contributed by atoms with Gasteiger partial charge in [0.25, 0.3) is 5.56 Å². The number of hydrogen-bond acceptors (Lipinski definition) is 5. The summed E-state index contributed by atoms with van der Waals surface area (Å²) in [4.78, 5) is 28.9. The van der Waals surface area contributed by atoms with Gasteiger partial charge in [0.2, 0.25) is 0 Å². The average molecular weight is 456 g/mol. The molecular weight excluding hydrogens is 442 g/mol. The molecule has 3 rings (SSSR count). The van der Waals surface area contributed by atoms with Crippen LogP contribution in [0.1, 0.15) is 27.5 Å². The van der Waals surface area contributed by atoms with E-state index in [1.54, 1.807) is 19.1 Å². The first kappa shape index (κ1) is 17.6. The molecule has 0 amide bonds. The fourth-order valence-corrected chi connectivity index (χ4v) is 3.14. The van der Waals surface area contributed by atoms with Gasteiger partial charge in [0.15, 0.2) is 17.0 Å². The second kappa shape index (κ2) is 6.58. The number of hydrogen-bond donors (Lipinski definition) is 0. The van der Waals surface area contributed by atoms with Gasteiger partial charge in [-0.2, -0.15) is 0 Å². The molecule has 0 aliphatic carbocycles. The molecule has 25 heavy (non-hydrogen) atoms. The van der Waals surface area contributed by atoms with E-state index in [1.165, 1.54) is 24.8 Å². The second-order valence-corrected chi connectivity index (χ2v) is 6.75. The molecule has 0 saturated heterocycles. The fraction of sp³-hybridized carbons (Fsp3) is 0.235. The third kappa shape index (κ3) is 3.06. The number of ether oxygens (including phenoxy) is 1. The topological polar surface area (TPSA) is 74.3 Å². The number of oxazole rings is 1. The Morgan fingerprint density at radius 2 is 2.16 bits per heavy atom. The van der Waals surface area contributed by atoms with Crippen LogP contribution in [0.2, 0.25) is 0 Å². The van der Waals surface area contributed by atoms with Crippen LogP contribution in [0.15, 0.2) is 27.4 Å². The van der Waals surface area contributed by atoms with Crippen molar-refractivity contribution < 1.29 is 18.3 Å². The van der Waals surface area contributed by atoms with Gasteiger partial charge in [-0.25, -0.2) is 14.2 Å². The zero-order valence-electron chi connectivity index (χ0n) is 13.7. The van der Waals surface area contributed by atoms with E-state index in [-0.39, 0.29) is 29.0 Å². The van der Waals surface area contributed by atoms with Crippen LogP contribution in [0.5, 0.6) is 0 Å². The largest absolute Gasteiger partial charge is 0.465 e. The van der Waals surface area contributed by atoms with Crippen molar-refractivity contribution in [1.82, 2.24) is 9.55 Å². The summed E-state index contributed by atoms with van der Waals surface area (Å²) >= 11 is 2.01. The van der Waals surface area contributed by atoms with Gasteiger partial charge < -0.3 is 13.7 Å². The van der Waals surface area contributed by atoms with Gasteiger partial charge in [0, 0.05) is 29.7 Å². The maximum Gasteiger partial charge on any atom is 0.343 e. The van der Waals surface area contributed by atoms with E-state index in [4.69, 9.17) is 9.15 Å². The van der Waals surface area contributed by atoms with Crippen molar-refractivity contribution in [2.45, 2.75) is 13.3 Å². The van der Waals surface area contributed by atoms with Gasteiger partial charge in [-0.3, -0.25) is 4.79 Å². The minimum atomic E-state index is -0.669. The molecule has 2 aromatic heterocycles. The number of rotatable bonds is 3. The molecule has 0 unspecified atom stereocenters. The zero-order valence-corrected chi connectivity index (χ0v) is 15.9. The SMILES string of the molecule is COC(=O)c1c(Cc2ccc(I)cc2F)n(C)c(=O)c2nc(C)oc12. The molecule has 0 aliphatic rings. The molecule has 3 aromatic rings. The third-order valence-corrected chi connectivity index (χ3v) is 4.60. The molecule has 1 aromatic carbocycles. The highest BCUT2D eigenvalue weighted by Gasteiger charge is 2.26. The van der Waals surface area contributed by atoms with E-state index in [9.17, 15) is 14.0 Å². The van der Waals surface area contributed by atoms with Crippen LogP contribution < -0.4 is 5.56 Å². The van der Waals surface area contributed by atoms with Gasteiger partial charge in [-0.05, 0) is 40.3 Å². The summed E-state index contributed by atoms with van der Waals surface area (Å²) in [6, 6.07) is 4.77. The van der Waals surface area contributed by atoms with Gasteiger partial charge in [-0.1, -0.05) is 6.07 Å². The van der Waals surface area contributed by atoms with E-state index in [0.29, 0.717) is 11.3 Å². The summed E-state index contributed by atoms with van der Waals surface area (Å²) in [5.41, 5.74) is 0.441. The van der Waals surface area contributed by atoms with Crippen LogP contribution in [-0.4, -0.2) is 22.6 Å². The van der Waals surface area contributed by atoms with E-state index >= 15 is 0 Å². The van der Waals surface area contributed by atoms with Gasteiger partial charge in [0.1, 0.15) is 11.4 Å². The standard InChI is InChI=1S/C17H14FIN2O4/c1-8-20-14-15(25-8)13(17(23)24-3)12(21(2)16(14)22)6-9-4-5-10(19)7-11(9)18/h4-5,7H,6H2,1-3H3. The summed E-state index contributed by atoms with van der Waals surface area (Å²) in [5, 5.41) is 0. The molecule has 130 valence electrons. The van der Waals surface area contributed by atoms with Crippen LogP contribution in [0.3, 0.4) is 0 Å². The lowest BCUT2D eigenvalue weighted by Crippen LogP contribution is -2.25. The average Bonchev–Trinajstić information content (AvgIpc) is 2.95. The van der Waals surface area contributed by atoms with Gasteiger partial charge in [0.05, 0.1) is 7.11 Å². The first-order chi connectivity index (χ1) is 11.8. The minimum Gasteiger partial charge on any atom is -0.465 e. The first-order valence-corrected chi connectivity index (χ1v) is 8.42. The highest BCUT2D eigenvalue weighted by atomic mass is 127. The van der Waals surface area contributed by atoms with E-state index in [2.05, 4.69) is 4.98 Å². The molecule has 0 bridgehead atoms. The quantitative estimate of drug-likeness (QED) is 0.448. The molecule has 8 heteroatoms. The summed E-state index contributed by atoms with van der Waals surface area (Å²) in [6.07, 6.45) is 0.0363. The third-order valence-electron chi connectivity index (χ3n) is 3.92. The normalized spacial score (nSPS) is 11.1. The van der Waals surface area contributed by atoms with E-state index in [1.807, 2.05) is 22.6 Å². The number of aryl methyl sites for hydroxylation is 1. The fourth-order valence-electron chi connectivity index (χ4n) is 2.69. The summed E-state index contributed by atoms with van der Waals surface area (Å²) in [7, 11) is 2.75. The zero-order chi connectivity index (χ0) is 18.3. The van der Waals surface area contributed by atoms with E-state index in [0.717, 1.165) is 3.57 Å². The van der Waals surface area contributed by atoms with Crippen LogP contribution >= 0.6 is 22.6 Å². The number of benzene rings is 1. The second-order valence-electron chi connectivity index (χ2n) is 5.50. The summed E-state index contributed by atoms with van der Waals surface area (Å²) in [5.74, 6) is -0.823. The van der Waals surface area contributed by atoms with Crippen molar-refractivity contribution >= 4 is 39.7 Å². The number of esters is 1. The number of fused-ring (bicyclic) bond motifs is 1. The van der Waals surface area contributed by atoms with Crippen molar-refractivity contribution in [3.05, 3.63) is 60.7 Å². The number of pyridine rings is 1. The molecule has 0 saturated carbocycles. The predicted octanol–water partition coefficient (Wildman–Crippen LogP) is 2.96. The molecule has 0 atom stereocenters. The Balaban J connectivity index is 2.31. The molecule has 0 fully saturated rings. The number of halogens is 2. The molecule has 6 nitrogen and oxygen atoms in total. The number of carbonyl (C=O) groups excluding carboxylic acids is 1. The van der Waals surface area contributed by atoms with Crippen molar-refractivity contribution in [3.63, 3.8) is 0 Å². The molecular formula is C17H14FIN2O4. The Morgan fingerprint density at radius 1 is 1.44 bits per heavy atom.